The minimum atomic E-state index is -0.352. The Hall–Kier alpha value is -2.30. The van der Waals surface area contributed by atoms with Crippen LogP contribution in [0.3, 0.4) is 0 Å². The number of carbonyl (C=O) groups excluding carboxylic acids is 2. The van der Waals surface area contributed by atoms with Crippen molar-refractivity contribution in [3.8, 4) is 0 Å². The second-order valence-corrected chi connectivity index (χ2v) is 6.84. The maximum Gasteiger partial charge on any atom is 0.256 e. The van der Waals surface area contributed by atoms with Crippen molar-refractivity contribution in [2.75, 3.05) is 26.7 Å². The largest absolute Gasteiger partial charge is 0.360 e. The lowest BCUT2D eigenvalue weighted by atomic mass is 9.78. The van der Waals surface area contributed by atoms with E-state index in [4.69, 9.17) is 0 Å². The third kappa shape index (κ3) is 2.14. The van der Waals surface area contributed by atoms with E-state index in [-0.39, 0.29) is 17.2 Å². The number of nitrogens with zero attached hydrogens (tertiary/aromatic N) is 2. The lowest BCUT2D eigenvalue weighted by Crippen LogP contribution is -2.48. The van der Waals surface area contributed by atoms with Crippen LogP contribution in [0.4, 0.5) is 0 Å². The number of likely N-dealkylation sites (tertiary alicyclic amines) is 2. The zero-order valence-electron chi connectivity index (χ0n) is 13.3. The van der Waals surface area contributed by atoms with Gasteiger partial charge in [0.25, 0.3) is 5.91 Å². The molecule has 4 rings (SSSR count). The monoisotopic (exact) mass is 311 g/mol. The van der Waals surface area contributed by atoms with Gasteiger partial charge in [-0.25, -0.2) is 0 Å². The molecule has 2 saturated heterocycles. The molecule has 1 aromatic heterocycles. The lowest BCUT2D eigenvalue weighted by Gasteiger charge is -2.37. The number of hydrogen-bond donors (Lipinski definition) is 1. The number of aromatic amines is 1. The molecular formula is C18H21N3O2. The van der Waals surface area contributed by atoms with Gasteiger partial charge in [-0.15, -0.1) is 0 Å². The van der Waals surface area contributed by atoms with E-state index in [1.807, 2.05) is 41.1 Å². The zero-order chi connectivity index (χ0) is 16.0. The van der Waals surface area contributed by atoms with Gasteiger partial charge in [-0.3, -0.25) is 9.59 Å². The van der Waals surface area contributed by atoms with Crippen LogP contribution in [0.25, 0.3) is 10.9 Å². The fourth-order valence-electron chi connectivity index (χ4n) is 4.11. The Morgan fingerprint density at radius 1 is 1.22 bits per heavy atom. The van der Waals surface area contributed by atoms with Crippen LogP contribution in [-0.2, 0) is 4.79 Å². The first kappa shape index (κ1) is 14.3. The fraction of sp³-hybridized carbons (Fsp3) is 0.444. The minimum absolute atomic E-state index is 0.0281. The normalized spacial score (nSPS) is 24.8. The van der Waals surface area contributed by atoms with Crippen molar-refractivity contribution < 1.29 is 9.59 Å². The molecule has 2 fully saturated rings. The molecule has 0 bridgehead atoms. The number of H-pyrrole nitrogens is 1. The van der Waals surface area contributed by atoms with Gasteiger partial charge in [0.2, 0.25) is 5.91 Å². The van der Waals surface area contributed by atoms with E-state index in [2.05, 4.69) is 4.98 Å². The zero-order valence-corrected chi connectivity index (χ0v) is 13.3. The van der Waals surface area contributed by atoms with Crippen molar-refractivity contribution >= 4 is 22.7 Å². The van der Waals surface area contributed by atoms with Crippen LogP contribution >= 0.6 is 0 Å². The second kappa shape index (κ2) is 5.11. The van der Waals surface area contributed by atoms with Crippen molar-refractivity contribution in [1.82, 2.24) is 14.8 Å². The van der Waals surface area contributed by atoms with Gasteiger partial charge in [-0.05, 0) is 25.3 Å². The molecule has 1 atom stereocenters. The summed E-state index contributed by atoms with van der Waals surface area (Å²) < 4.78 is 0. The van der Waals surface area contributed by atoms with Crippen LogP contribution in [0, 0.1) is 5.41 Å². The molecule has 120 valence electrons. The summed E-state index contributed by atoms with van der Waals surface area (Å²) in [5.41, 5.74) is 1.32. The highest BCUT2D eigenvalue weighted by Gasteiger charge is 2.48. The number of rotatable bonds is 1. The second-order valence-electron chi connectivity index (χ2n) is 6.84. The van der Waals surface area contributed by atoms with Crippen LogP contribution in [-0.4, -0.2) is 53.3 Å². The average molecular weight is 311 g/mol. The molecule has 2 amide bonds. The summed E-state index contributed by atoms with van der Waals surface area (Å²) in [4.78, 5) is 32.3. The van der Waals surface area contributed by atoms with Crippen molar-refractivity contribution in [3.05, 3.63) is 36.0 Å². The van der Waals surface area contributed by atoms with Crippen LogP contribution in [0.1, 0.15) is 29.6 Å². The van der Waals surface area contributed by atoms with Gasteiger partial charge < -0.3 is 14.8 Å². The predicted molar refractivity (Wildman–Crippen MR) is 88.1 cm³/mol. The summed E-state index contributed by atoms with van der Waals surface area (Å²) in [5.74, 6) is 0.235. The third-order valence-corrected chi connectivity index (χ3v) is 5.41. The number of benzene rings is 1. The number of amides is 2. The maximum absolute atomic E-state index is 12.9. The van der Waals surface area contributed by atoms with E-state index in [0.29, 0.717) is 18.7 Å². The summed E-state index contributed by atoms with van der Waals surface area (Å²) in [5, 5.41) is 0.950. The molecule has 2 aliphatic rings. The van der Waals surface area contributed by atoms with Gasteiger partial charge in [0.1, 0.15) is 0 Å². The predicted octanol–water partition coefficient (Wildman–Crippen LogP) is 2.25. The fourth-order valence-corrected chi connectivity index (χ4v) is 4.11. The number of nitrogens with one attached hydrogen (secondary N) is 1. The van der Waals surface area contributed by atoms with E-state index < -0.39 is 0 Å². The standard InChI is InChI=1S/C18H21N3O2/c1-20-9-4-7-18(17(20)23)8-10-21(12-18)16(22)14-11-19-15-6-3-2-5-13(14)15/h2-3,5-6,11,19H,4,7-10,12H2,1H3. The molecule has 0 radical (unpaired) electrons. The highest BCUT2D eigenvalue weighted by atomic mass is 16.2. The topological polar surface area (TPSA) is 56.4 Å². The molecule has 23 heavy (non-hydrogen) atoms. The van der Waals surface area contributed by atoms with E-state index in [1.54, 1.807) is 6.20 Å². The molecule has 2 aromatic rings. The van der Waals surface area contributed by atoms with E-state index in [1.165, 1.54) is 0 Å². The minimum Gasteiger partial charge on any atom is -0.360 e. The van der Waals surface area contributed by atoms with Gasteiger partial charge >= 0.3 is 0 Å². The quantitative estimate of drug-likeness (QED) is 0.878. The molecule has 2 aliphatic heterocycles. The lowest BCUT2D eigenvalue weighted by molar-refractivity contribution is -0.143. The molecule has 1 N–H and O–H groups in total. The highest BCUT2D eigenvalue weighted by molar-refractivity contribution is 6.07. The molecule has 1 unspecified atom stereocenters. The third-order valence-electron chi connectivity index (χ3n) is 5.41. The first-order valence-electron chi connectivity index (χ1n) is 8.22. The van der Waals surface area contributed by atoms with Crippen molar-refractivity contribution in [2.45, 2.75) is 19.3 Å². The summed E-state index contributed by atoms with van der Waals surface area (Å²) >= 11 is 0. The summed E-state index contributed by atoms with van der Waals surface area (Å²) in [6, 6.07) is 7.83. The Kier molecular flexibility index (Phi) is 3.18. The van der Waals surface area contributed by atoms with Crippen molar-refractivity contribution in [2.24, 2.45) is 5.41 Å². The average Bonchev–Trinajstić information content (AvgIpc) is 3.17. The van der Waals surface area contributed by atoms with Gasteiger partial charge in [-0.2, -0.15) is 0 Å². The summed E-state index contributed by atoms with van der Waals surface area (Å²) in [6.45, 7) is 2.05. The smallest absolute Gasteiger partial charge is 0.256 e. The first-order valence-corrected chi connectivity index (χ1v) is 8.22. The Morgan fingerprint density at radius 2 is 2.04 bits per heavy atom. The molecule has 1 spiro atoms. The van der Waals surface area contributed by atoms with Gasteiger partial charge in [0.05, 0.1) is 11.0 Å². The molecule has 0 aliphatic carbocycles. The number of hydrogen-bond acceptors (Lipinski definition) is 2. The van der Waals surface area contributed by atoms with Gasteiger partial charge in [-0.1, -0.05) is 18.2 Å². The summed E-state index contributed by atoms with van der Waals surface area (Å²) in [6.07, 6.45) is 4.49. The Balaban J connectivity index is 1.60. The van der Waals surface area contributed by atoms with E-state index in [9.17, 15) is 9.59 Å². The molecule has 0 saturated carbocycles. The molecule has 5 heteroatoms. The van der Waals surface area contributed by atoms with E-state index in [0.717, 1.165) is 36.7 Å². The molecule has 3 heterocycles. The number of piperidine rings is 1. The summed E-state index contributed by atoms with van der Waals surface area (Å²) in [7, 11) is 1.87. The number of aromatic nitrogens is 1. The van der Waals surface area contributed by atoms with Gasteiger partial charge in [0.15, 0.2) is 0 Å². The van der Waals surface area contributed by atoms with Crippen LogP contribution in [0.15, 0.2) is 30.5 Å². The van der Waals surface area contributed by atoms with Crippen molar-refractivity contribution in [1.29, 1.82) is 0 Å². The number of carbonyl (C=O) groups is 2. The molecular weight excluding hydrogens is 290 g/mol. The number of fused-ring (bicyclic) bond motifs is 1. The van der Waals surface area contributed by atoms with E-state index >= 15 is 0 Å². The number of para-hydroxylation sites is 1. The SMILES string of the molecule is CN1CCCC2(CCN(C(=O)c3c[nH]c4ccccc34)C2)C1=O. The molecule has 5 nitrogen and oxygen atoms in total. The molecule has 1 aromatic carbocycles. The maximum atomic E-state index is 12.9. The Labute approximate surface area is 135 Å². The Morgan fingerprint density at radius 3 is 2.91 bits per heavy atom. The Bertz CT molecular complexity index is 781. The van der Waals surface area contributed by atoms with Crippen LogP contribution in [0.2, 0.25) is 0 Å². The first-order chi connectivity index (χ1) is 11.1. The van der Waals surface area contributed by atoms with Gasteiger partial charge in [0, 0.05) is 43.8 Å². The van der Waals surface area contributed by atoms with Crippen LogP contribution < -0.4 is 0 Å². The van der Waals surface area contributed by atoms with Crippen LogP contribution in [0.5, 0.6) is 0 Å². The highest BCUT2D eigenvalue weighted by Crippen LogP contribution is 2.40. The van der Waals surface area contributed by atoms with Crippen molar-refractivity contribution in [3.63, 3.8) is 0 Å².